The second-order valence-electron chi connectivity index (χ2n) is 5.47. The zero-order chi connectivity index (χ0) is 13.2. The van der Waals surface area contributed by atoms with Gasteiger partial charge in [0.2, 0.25) is 5.95 Å². The number of nitrogens with zero attached hydrogens (tertiary/aromatic N) is 2. The van der Waals surface area contributed by atoms with Gasteiger partial charge in [-0.2, -0.15) is 4.98 Å². The van der Waals surface area contributed by atoms with E-state index in [4.69, 9.17) is 5.84 Å². The van der Waals surface area contributed by atoms with Crippen molar-refractivity contribution in [3.63, 3.8) is 0 Å². The van der Waals surface area contributed by atoms with Gasteiger partial charge in [0, 0.05) is 11.9 Å². The van der Waals surface area contributed by atoms with E-state index in [1.807, 2.05) is 24.3 Å². The van der Waals surface area contributed by atoms with Gasteiger partial charge in [0.05, 0.1) is 5.52 Å². The number of benzene rings is 1. The highest BCUT2D eigenvalue weighted by Gasteiger charge is 2.12. The normalized spacial score (nSPS) is 11.6. The van der Waals surface area contributed by atoms with Gasteiger partial charge < -0.3 is 5.32 Å². The molecule has 4 N–H and O–H groups in total. The molecule has 5 heteroatoms. The molecule has 5 nitrogen and oxygen atoms in total. The molecule has 0 amide bonds. The fourth-order valence-electron chi connectivity index (χ4n) is 1.62. The molecule has 0 fully saturated rings. The Bertz CT molecular complexity index is 545. The van der Waals surface area contributed by atoms with Crippen molar-refractivity contribution in [2.24, 2.45) is 11.3 Å². The van der Waals surface area contributed by atoms with Gasteiger partial charge in [-0.3, -0.25) is 5.43 Å². The molecule has 0 unspecified atom stereocenters. The number of fused-ring (bicyclic) bond motifs is 1. The van der Waals surface area contributed by atoms with Crippen LogP contribution in [0.3, 0.4) is 0 Å². The lowest BCUT2D eigenvalue weighted by Crippen LogP contribution is -2.20. The van der Waals surface area contributed by atoms with Crippen LogP contribution in [0.2, 0.25) is 0 Å². The van der Waals surface area contributed by atoms with Crippen molar-refractivity contribution >= 4 is 22.7 Å². The maximum Gasteiger partial charge on any atom is 0.239 e. The molecule has 0 bridgehead atoms. The van der Waals surface area contributed by atoms with Crippen molar-refractivity contribution < 1.29 is 0 Å². The number of hydrazine groups is 1. The van der Waals surface area contributed by atoms with Crippen LogP contribution in [0.15, 0.2) is 24.3 Å². The number of hydrogen-bond acceptors (Lipinski definition) is 5. The average Bonchev–Trinajstić information content (AvgIpc) is 2.34. The van der Waals surface area contributed by atoms with Crippen LogP contribution in [0, 0.1) is 5.41 Å². The van der Waals surface area contributed by atoms with Gasteiger partial charge >= 0.3 is 0 Å². The fourth-order valence-corrected chi connectivity index (χ4v) is 1.62. The first kappa shape index (κ1) is 12.6. The van der Waals surface area contributed by atoms with Crippen LogP contribution in [0.5, 0.6) is 0 Å². The van der Waals surface area contributed by atoms with E-state index >= 15 is 0 Å². The molecule has 0 radical (unpaired) electrons. The Morgan fingerprint density at radius 2 is 1.89 bits per heavy atom. The van der Waals surface area contributed by atoms with Crippen molar-refractivity contribution in [2.45, 2.75) is 20.8 Å². The molecule has 0 aliphatic heterocycles. The minimum atomic E-state index is 0.183. The monoisotopic (exact) mass is 245 g/mol. The van der Waals surface area contributed by atoms with E-state index in [-0.39, 0.29) is 5.41 Å². The third-order valence-corrected chi connectivity index (χ3v) is 2.52. The Morgan fingerprint density at radius 1 is 1.17 bits per heavy atom. The largest absolute Gasteiger partial charge is 0.369 e. The van der Waals surface area contributed by atoms with E-state index in [1.165, 1.54) is 0 Å². The number of nitrogens with one attached hydrogen (secondary N) is 2. The van der Waals surface area contributed by atoms with Gasteiger partial charge in [0.15, 0.2) is 0 Å². The topological polar surface area (TPSA) is 75.9 Å². The van der Waals surface area contributed by atoms with Gasteiger partial charge in [0.25, 0.3) is 0 Å². The zero-order valence-electron chi connectivity index (χ0n) is 11.0. The molecule has 0 saturated carbocycles. The highest BCUT2D eigenvalue weighted by Crippen LogP contribution is 2.23. The van der Waals surface area contributed by atoms with Crippen LogP contribution in [0.1, 0.15) is 20.8 Å². The predicted molar refractivity (Wildman–Crippen MR) is 75.3 cm³/mol. The maximum atomic E-state index is 5.39. The molecule has 0 spiro atoms. The lowest BCUT2D eigenvalue weighted by atomic mass is 9.97. The number of anilines is 2. The minimum absolute atomic E-state index is 0.183. The lowest BCUT2D eigenvalue weighted by Gasteiger charge is -2.20. The first-order valence-corrected chi connectivity index (χ1v) is 5.97. The molecular formula is C13H19N5. The highest BCUT2D eigenvalue weighted by atomic mass is 15.3. The van der Waals surface area contributed by atoms with E-state index in [2.05, 4.69) is 41.5 Å². The molecule has 2 aromatic rings. The highest BCUT2D eigenvalue weighted by molar-refractivity contribution is 5.89. The van der Waals surface area contributed by atoms with Gasteiger partial charge in [-0.05, 0) is 17.5 Å². The first-order chi connectivity index (χ1) is 8.49. The molecule has 18 heavy (non-hydrogen) atoms. The van der Waals surface area contributed by atoms with Crippen LogP contribution in [-0.2, 0) is 0 Å². The summed E-state index contributed by atoms with van der Waals surface area (Å²) < 4.78 is 0. The summed E-state index contributed by atoms with van der Waals surface area (Å²) in [5.74, 6) is 6.62. The summed E-state index contributed by atoms with van der Waals surface area (Å²) in [5, 5.41) is 4.36. The molecule has 1 heterocycles. The number of para-hydroxylation sites is 1. The van der Waals surface area contributed by atoms with Crippen molar-refractivity contribution in [2.75, 3.05) is 17.3 Å². The van der Waals surface area contributed by atoms with E-state index in [9.17, 15) is 0 Å². The first-order valence-electron chi connectivity index (χ1n) is 5.97. The number of rotatable bonds is 3. The minimum Gasteiger partial charge on any atom is -0.369 e. The van der Waals surface area contributed by atoms with Crippen LogP contribution < -0.4 is 16.6 Å². The molecule has 2 rings (SSSR count). The average molecular weight is 245 g/mol. The van der Waals surface area contributed by atoms with E-state index < -0.39 is 0 Å². The third-order valence-electron chi connectivity index (χ3n) is 2.52. The second kappa shape index (κ2) is 4.78. The summed E-state index contributed by atoms with van der Waals surface area (Å²) in [6.07, 6.45) is 0. The fraction of sp³-hybridized carbons (Fsp3) is 0.385. The quantitative estimate of drug-likeness (QED) is 0.571. The summed E-state index contributed by atoms with van der Waals surface area (Å²) in [7, 11) is 0. The van der Waals surface area contributed by atoms with Gasteiger partial charge in [0.1, 0.15) is 5.82 Å². The Kier molecular flexibility index (Phi) is 3.34. The summed E-state index contributed by atoms with van der Waals surface area (Å²) in [4.78, 5) is 8.68. The molecule has 1 aromatic heterocycles. The molecule has 1 aromatic carbocycles. The molecule has 96 valence electrons. The van der Waals surface area contributed by atoms with E-state index in [0.717, 1.165) is 23.3 Å². The van der Waals surface area contributed by atoms with Crippen molar-refractivity contribution in [1.82, 2.24) is 9.97 Å². The Labute approximate surface area is 107 Å². The lowest BCUT2D eigenvalue weighted by molar-refractivity contribution is 0.442. The summed E-state index contributed by atoms with van der Waals surface area (Å²) in [5.41, 5.74) is 3.55. The van der Waals surface area contributed by atoms with Crippen molar-refractivity contribution in [1.29, 1.82) is 0 Å². The van der Waals surface area contributed by atoms with Gasteiger partial charge in [-0.1, -0.05) is 32.9 Å². The van der Waals surface area contributed by atoms with Crippen LogP contribution in [0.25, 0.3) is 10.9 Å². The van der Waals surface area contributed by atoms with E-state index in [0.29, 0.717) is 5.95 Å². The Morgan fingerprint density at radius 3 is 2.56 bits per heavy atom. The zero-order valence-corrected chi connectivity index (χ0v) is 11.0. The standard InChI is InChI=1S/C13H19N5/c1-13(2,3)8-15-11-9-6-4-5-7-10(9)16-12(17-11)18-14/h4-7H,8,14H2,1-3H3,(H2,15,16,17,18). The number of nitrogen functional groups attached to an aromatic ring is 1. The molecule has 0 aliphatic carbocycles. The number of hydrogen-bond donors (Lipinski definition) is 3. The van der Waals surface area contributed by atoms with Crippen LogP contribution in [-0.4, -0.2) is 16.5 Å². The summed E-state index contributed by atoms with van der Waals surface area (Å²) in [6.45, 7) is 7.35. The third kappa shape index (κ3) is 2.87. The Balaban J connectivity index is 2.41. The molecule has 0 aliphatic rings. The summed E-state index contributed by atoms with van der Waals surface area (Å²) in [6, 6.07) is 7.87. The second-order valence-corrected chi connectivity index (χ2v) is 5.47. The van der Waals surface area contributed by atoms with Gasteiger partial charge in [-0.15, -0.1) is 0 Å². The van der Waals surface area contributed by atoms with E-state index in [1.54, 1.807) is 0 Å². The number of aromatic nitrogens is 2. The SMILES string of the molecule is CC(C)(C)CNc1nc(NN)nc2ccccc12. The van der Waals surface area contributed by atoms with Crippen LogP contribution >= 0.6 is 0 Å². The smallest absolute Gasteiger partial charge is 0.239 e. The summed E-state index contributed by atoms with van der Waals surface area (Å²) >= 11 is 0. The predicted octanol–water partition coefficient (Wildman–Crippen LogP) is 2.37. The Hall–Kier alpha value is -1.88. The van der Waals surface area contributed by atoms with Gasteiger partial charge in [-0.25, -0.2) is 10.8 Å². The van der Waals surface area contributed by atoms with Crippen molar-refractivity contribution in [3.05, 3.63) is 24.3 Å². The van der Waals surface area contributed by atoms with Crippen LogP contribution in [0.4, 0.5) is 11.8 Å². The number of nitrogens with two attached hydrogens (primary N) is 1. The molecular weight excluding hydrogens is 226 g/mol. The van der Waals surface area contributed by atoms with Crippen molar-refractivity contribution in [3.8, 4) is 0 Å². The maximum absolute atomic E-state index is 5.39. The molecule has 0 atom stereocenters. The molecule has 0 saturated heterocycles.